The highest BCUT2D eigenvalue weighted by molar-refractivity contribution is 7.99. The van der Waals surface area contributed by atoms with Gasteiger partial charge in [-0.25, -0.2) is 0 Å². The van der Waals surface area contributed by atoms with Crippen molar-refractivity contribution in [2.45, 2.75) is 12.5 Å². The average Bonchev–Trinajstić information content (AvgIpc) is 1.83. The number of rotatable bonds is 0. The molecule has 1 heterocycles. The molecule has 0 bridgehead atoms. The van der Waals surface area contributed by atoms with Gasteiger partial charge >= 0.3 is 0 Å². The second-order valence-electron chi connectivity index (χ2n) is 2.39. The topological polar surface area (TPSA) is 37.3 Å². The molecular formula is C6H12O2S2. The van der Waals surface area contributed by atoms with Crippen LogP contribution in [0.5, 0.6) is 0 Å². The number of aliphatic hydroxyl groups excluding tert-OH is 1. The van der Waals surface area contributed by atoms with E-state index in [0.29, 0.717) is 5.75 Å². The molecule has 0 amide bonds. The molecule has 1 saturated heterocycles. The minimum Gasteiger partial charge on any atom is -0.391 e. The third-order valence-electron chi connectivity index (χ3n) is 1.35. The Hall–Kier alpha value is 0.460. The predicted molar refractivity (Wildman–Crippen MR) is 45.8 cm³/mol. The van der Waals surface area contributed by atoms with E-state index in [2.05, 4.69) is 0 Å². The van der Waals surface area contributed by atoms with Gasteiger partial charge in [0, 0.05) is 22.3 Å². The lowest BCUT2D eigenvalue weighted by atomic mass is 10.5. The van der Waals surface area contributed by atoms with Gasteiger partial charge in [-0.3, -0.25) is 4.21 Å². The normalized spacial score (nSPS) is 36.5. The van der Waals surface area contributed by atoms with Crippen molar-refractivity contribution in [1.82, 2.24) is 0 Å². The zero-order valence-corrected chi connectivity index (χ0v) is 7.42. The molecule has 0 spiro atoms. The smallest absolute Gasteiger partial charge is 0.0745 e. The van der Waals surface area contributed by atoms with Gasteiger partial charge in [0.05, 0.1) is 11.9 Å². The molecule has 0 aromatic heterocycles. The van der Waals surface area contributed by atoms with Crippen molar-refractivity contribution < 1.29 is 9.32 Å². The number of aliphatic hydroxyl groups is 1. The highest BCUT2D eigenvalue weighted by Crippen LogP contribution is 2.10. The molecule has 1 aliphatic heterocycles. The van der Waals surface area contributed by atoms with E-state index in [0.717, 1.165) is 23.7 Å². The van der Waals surface area contributed by atoms with Crippen LogP contribution in [0.2, 0.25) is 0 Å². The van der Waals surface area contributed by atoms with Crippen LogP contribution < -0.4 is 0 Å². The summed E-state index contributed by atoms with van der Waals surface area (Å²) in [6.07, 6.45) is 0.690. The highest BCUT2D eigenvalue weighted by Gasteiger charge is 2.12. The summed E-state index contributed by atoms with van der Waals surface area (Å²) in [5, 5.41) is 9.17. The first-order valence-corrected chi connectivity index (χ1v) is 6.04. The number of hydrogen-bond acceptors (Lipinski definition) is 3. The summed E-state index contributed by atoms with van der Waals surface area (Å²) in [4.78, 5) is 0. The van der Waals surface area contributed by atoms with Crippen LogP contribution in [0.4, 0.5) is 0 Å². The Kier molecular flexibility index (Phi) is 3.73. The van der Waals surface area contributed by atoms with Crippen LogP contribution in [0.25, 0.3) is 0 Å². The van der Waals surface area contributed by atoms with Crippen molar-refractivity contribution in [2.75, 3.05) is 23.0 Å². The van der Waals surface area contributed by atoms with Gasteiger partial charge in [0.15, 0.2) is 0 Å². The Morgan fingerprint density at radius 2 is 2.40 bits per heavy atom. The van der Waals surface area contributed by atoms with Gasteiger partial charge in [-0.15, -0.1) is 0 Å². The lowest BCUT2D eigenvalue weighted by Gasteiger charge is -2.12. The fourth-order valence-electron chi connectivity index (χ4n) is 0.887. The molecule has 0 saturated carbocycles. The summed E-state index contributed by atoms with van der Waals surface area (Å²) in [5.41, 5.74) is 0. The van der Waals surface area contributed by atoms with Crippen LogP contribution in [0.3, 0.4) is 0 Å². The molecule has 1 aliphatic rings. The molecular weight excluding hydrogens is 168 g/mol. The number of thioether (sulfide) groups is 1. The van der Waals surface area contributed by atoms with E-state index in [1.54, 1.807) is 11.8 Å². The second kappa shape index (κ2) is 4.36. The van der Waals surface area contributed by atoms with Crippen molar-refractivity contribution in [1.29, 1.82) is 0 Å². The lowest BCUT2D eigenvalue weighted by Crippen LogP contribution is -2.23. The maximum Gasteiger partial charge on any atom is 0.0745 e. The Bertz CT molecular complexity index is 127. The van der Waals surface area contributed by atoms with Gasteiger partial charge in [-0.1, -0.05) is 0 Å². The summed E-state index contributed by atoms with van der Waals surface area (Å²) < 4.78 is 11.0. The van der Waals surface area contributed by atoms with Crippen LogP contribution in [0.15, 0.2) is 0 Å². The monoisotopic (exact) mass is 180 g/mol. The van der Waals surface area contributed by atoms with Crippen LogP contribution >= 0.6 is 11.8 Å². The summed E-state index contributed by atoms with van der Waals surface area (Å²) >= 11 is 1.75. The Morgan fingerprint density at radius 1 is 1.60 bits per heavy atom. The van der Waals surface area contributed by atoms with Gasteiger partial charge in [0.2, 0.25) is 0 Å². The van der Waals surface area contributed by atoms with Crippen molar-refractivity contribution in [2.24, 2.45) is 0 Å². The third kappa shape index (κ3) is 3.03. The molecule has 2 atom stereocenters. The van der Waals surface area contributed by atoms with E-state index in [4.69, 9.17) is 0 Å². The largest absolute Gasteiger partial charge is 0.391 e. The Labute approximate surface area is 67.8 Å². The first kappa shape index (κ1) is 8.56. The van der Waals surface area contributed by atoms with Gasteiger partial charge in [0.1, 0.15) is 0 Å². The maximum atomic E-state index is 11.0. The predicted octanol–water partition coefficient (Wildman–Crippen LogP) is 0.233. The quantitative estimate of drug-likeness (QED) is 0.580. The summed E-state index contributed by atoms with van der Waals surface area (Å²) in [7, 11) is -0.762. The van der Waals surface area contributed by atoms with E-state index >= 15 is 0 Å². The molecule has 0 radical (unpaired) electrons. The molecule has 1 rings (SSSR count). The molecule has 2 nitrogen and oxygen atoms in total. The third-order valence-corrected chi connectivity index (χ3v) is 4.05. The minimum absolute atomic E-state index is 0.342. The van der Waals surface area contributed by atoms with Gasteiger partial charge in [-0.05, 0) is 12.2 Å². The SMILES string of the molecule is O=S1CCCSCC(O)C1. The molecule has 1 fully saturated rings. The number of hydrogen-bond donors (Lipinski definition) is 1. The first-order chi connectivity index (χ1) is 4.79. The van der Waals surface area contributed by atoms with Crippen molar-refractivity contribution in [3.05, 3.63) is 0 Å². The maximum absolute atomic E-state index is 11.0. The molecule has 10 heavy (non-hydrogen) atoms. The van der Waals surface area contributed by atoms with E-state index in [1.165, 1.54) is 0 Å². The molecule has 0 aliphatic carbocycles. The zero-order valence-electron chi connectivity index (χ0n) is 5.78. The Balaban J connectivity index is 2.32. The molecule has 60 valence electrons. The van der Waals surface area contributed by atoms with Crippen LogP contribution in [0, 0.1) is 0 Å². The Morgan fingerprint density at radius 3 is 3.20 bits per heavy atom. The van der Waals surface area contributed by atoms with Crippen LogP contribution in [0.1, 0.15) is 6.42 Å². The van der Waals surface area contributed by atoms with E-state index in [-0.39, 0.29) is 6.10 Å². The molecule has 1 N–H and O–H groups in total. The average molecular weight is 180 g/mol. The molecule has 2 unspecified atom stereocenters. The highest BCUT2D eigenvalue weighted by atomic mass is 32.2. The van der Waals surface area contributed by atoms with Crippen LogP contribution in [-0.2, 0) is 10.8 Å². The second-order valence-corrected chi connectivity index (χ2v) is 5.16. The van der Waals surface area contributed by atoms with E-state index < -0.39 is 10.8 Å². The summed E-state index contributed by atoms with van der Waals surface area (Å²) in [5.74, 6) is 3.05. The van der Waals surface area contributed by atoms with Gasteiger partial charge in [0.25, 0.3) is 0 Å². The van der Waals surface area contributed by atoms with Gasteiger partial charge in [-0.2, -0.15) is 11.8 Å². The van der Waals surface area contributed by atoms with Crippen molar-refractivity contribution >= 4 is 22.6 Å². The minimum atomic E-state index is -0.762. The van der Waals surface area contributed by atoms with Crippen LogP contribution in [-0.4, -0.2) is 38.4 Å². The molecule has 4 heteroatoms. The zero-order chi connectivity index (χ0) is 7.40. The van der Waals surface area contributed by atoms with Gasteiger partial charge < -0.3 is 5.11 Å². The van der Waals surface area contributed by atoms with Crippen molar-refractivity contribution in [3.63, 3.8) is 0 Å². The summed E-state index contributed by atoms with van der Waals surface area (Å²) in [6, 6.07) is 0. The molecule has 0 aromatic carbocycles. The fourth-order valence-corrected chi connectivity index (χ4v) is 3.30. The van der Waals surface area contributed by atoms with Crippen molar-refractivity contribution in [3.8, 4) is 0 Å². The lowest BCUT2D eigenvalue weighted by molar-refractivity contribution is 0.223. The van der Waals surface area contributed by atoms with E-state index in [9.17, 15) is 9.32 Å². The molecule has 0 aromatic rings. The standard InChI is InChI=1S/C6H12O2S2/c7-6-4-9-2-1-3-10(8)5-6/h6-7H,1-5H2. The van der Waals surface area contributed by atoms with E-state index in [1.807, 2.05) is 0 Å². The summed E-state index contributed by atoms with van der Waals surface area (Å²) in [6.45, 7) is 0. The fraction of sp³-hybridized carbons (Fsp3) is 1.00. The first-order valence-electron chi connectivity index (χ1n) is 3.40.